The minimum Gasteiger partial charge on any atom is -0.478 e. The van der Waals surface area contributed by atoms with Gasteiger partial charge in [-0.2, -0.15) is 0 Å². The van der Waals surface area contributed by atoms with Gasteiger partial charge in [0.1, 0.15) is 10.8 Å². The minimum atomic E-state index is -0.959. The molecular weight excluding hydrogens is 246 g/mol. The van der Waals surface area contributed by atoms with Gasteiger partial charge in [0.25, 0.3) is 0 Å². The van der Waals surface area contributed by atoms with Gasteiger partial charge in [-0.15, -0.1) is 11.8 Å². The Balaban J connectivity index is 2.60. The van der Waals surface area contributed by atoms with Gasteiger partial charge in [-0.25, -0.2) is 14.8 Å². The van der Waals surface area contributed by atoms with Crippen molar-refractivity contribution in [3.8, 4) is 0 Å². The van der Waals surface area contributed by atoms with Crippen LogP contribution in [0.25, 0.3) is 0 Å². The molecule has 3 N–H and O–H groups in total. The predicted molar refractivity (Wildman–Crippen MR) is 65.7 cm³/mol. The number of carboxylic acid groups (broad SMARTS) is 1. The number of thioether (sulfide) groups is 2. The standard InChI is InChI=1S/C9H11N3O2S2/c1-15-7-5-6(10)11-9(12-7)16-4-2-3-8(13)14/h2-3,5H,4H2,1H3,(H,13,14)(H2,10,11,12). The zero-order valence-electron chi connectivity index (χ0n) is 8.58. The molecule has 0 saturated heterocycles. The van der Waals surface area contributed by atoms with Crippen molar-refractivity contribution in [2.45, 2.75) is 10.2 Å². The number of nitrogens with two attached hydrogens (primary N) is 1. The maximum Gasteiger partial charge on any atom is 0.328 e. The first-order valence-electron chi connectivity index (χ1n) is 4.32. The van der Waals surface area contributed by atoms with E-state index in [1.807, 2.05) is 6.26 Å². The molecule has 1 aromatic rings. The Kier molecular flexibility index (Phi) is 5.13. The van der Waals surface area contributed by atoms with Crippen LogP contribution in [0.4, 0.5) is 5.82 Å². The quantitative estimate of drug-likeness (QED) is 0.357. The first-order chi connectivity index (χ1) is 7.61. The van der Waals surface area contributed by atoms with E-state index in [1.54, 1.807) is 6.07 Å². The van der Waals surface area contributed by atoms with Crippen molar-refractivity contribution >= 4 is 35.3 Å². The SMILES string of the molecule is CSc1cc(N)nc(SCC=CC(=O)O)n1. The number of hydrogen-bond acceptors (Lipinski definition) is 6. The van der Waals surface area contributed by atoms with Crippen LogP contribution in [-0.2, 0) is 4.79 Å². The largest absolute Gasteiger partial charge is 0.478 e. The van der Waals surface area contributed by atoms with Gasteiger partial charge < -0.3 is 10.8 Å². The van der Waals surface area contributed by atoms with Gasteiger partial charge >= 0.3 is 5.97 Å². The first kappa shape index (κ1) is 12.9. The summed E-state index contributed by atoms with van der Waals surface area (Å²) >= 11 is 2.83. The fourth-order valence-electron chi connectivity index (χ4n) is 0.861. The summed E-state index contributed by atoms with van der Waals surface area (Å²) < 4.78 is 0. The van der Waals surface area contributed by atoms with E-state index < -0.39 is 5.97 Å². The fourth-order valence-corrected chi connectivity index (χ4v) is 2.01. The highest BCUT2D eigenvalue weighted by atomic mass is 32.2. The lowest BCUT2D eigenvalue weighted by atomic mass is 10.5. The molecule has 0 atom stereocenters. The maximum absolute atomic E-state index is 10.2. The van der Waals surface area contributed by atoms with E-state index in [-0.39, 0.29) is 0 Å². The number of aromatic nitrogens is 2. The van der Waals surface area contributed by atoms with E-state index in [4.69, 9.17) is 10.8 Å². The molecule has 0 aliphatic heterocycles. The van der Waals surface area contributed by atoms with Crippen LogP contribution in [0.5, 0.6) is 0 Å². The molecule has 0 aromatic carbocycles. The number of hydrogen-bond donors (Lipinski definition) is 2. The third kappa shape index (κ3) is 4.54. The highest BCUT2D eigenvalue weighted by Crippen LogP contribution is 2.20. The van der Waals surface area contributed by atoms with Gasteiger partial charge in [0, 0.05) is 17.9 Å². The third-order valence-corrected chi connectivity index (χ3v) is 2.91. The lowest BCUT2D eigenvalue weighted by Gasteiger charge is -2.01. The van der Waals surface area contributed by atoms with Gasteiger partial charge in [0.15, 0.2) is 5.16 Å². The van der Waals surface area contributed by atoms with Crippen LogP contribution in [0.15, 0.2) is 28.4 Å². The molecule has 5 nitrogen and oxygen atoms in total. The lowest BCUT2D eigenvalue weighted by Crippen LogP contribution is -1.96. The Morgan fingerprint density at radius 1 is 1.62 bits per heavy atom. The number of aliphatic carboxylic acids is 1. The molecule has 0 aliphatic rings. The summed E-state index contributed by atoms with van der Waals surface area (Å²) in [5.41, 5.74) is 5.60. The van der Waals surface area contributed by atoms with Crippen LogP contribution in [0.2, 0.25) is 0 Å². The van der Waals surface area contributed by atoms with Crippen LogP contribution >= 0.6 is 23.5 Å². The van der Waals surface area contributed by atoms with Crippen molar-refractivity contribution in [1.82, 2.24) is 9.97 Å². The van der Waals surface area contributed by atoms with Crippen molar-refractivity contribution < 1.29 is 9.90 Å². The molecule has 0 unspecified atom stereocenters. The molecule has 86 valence electrons. The van der Waals surface area contributed by atoms with Crippen molar-refractivity contribution in [2.24, 2.45) is 0 Å². The van der Waals surface area contributed by atoms with E-state index in [1.165, 1.54) is 29.6 Å². The molecule has 0 aliphatic carbocycles. The summed E-state index contributed by atoms with van der Waals surface area (Å²) in [6.45, 7) is 0. The van der Waals surface area contributed by atoms with Crippen molar-refractivity contribution in [3.63, 3.8) is 0 Å². The average molecular weight is 257 g/mol. The van der Waals surface area contributed by atoms with Gasteiger partial charge in [0.05, 0.1) is 0 Å². The second kappa shape index (κ2) is 6.39. The summed E-state index contributed by atoms with van der Waals surface area (Å²) in [5, 5.41) is 9.74. The van der Waals surface area contributed by atoms with Crippen molar-refractivity contribution in [2.75, 3.05) is 17.7 Å². The van der Waals surface area contributed by atoms with Gasteiger partial charge in [-0.1, -0.05) is 17.8 Å². The molecule has 1 heterocycles. The summed E-state index contributed by atoms with van der Waals surface area (Å²) in [7, 11) is 0. The molecule has 0 radical (unpaired) electrons. The second-order valence-electron chi connectivity index (χ2n) is 2.67. The fraction of sp³-hybridized carbons (Fsp3) is 0.222. The highest BCUT2D eigenvalue weighted by Gasteiger charge is 2.01. The number of carbonyl (C=O) groups is 1. The molecule has 1 rings (SSSR count). The molecule has 0 amide bonds. The molecule has 0 bridgehead atoms. The van der Waals surface area contributed by atoms with E-state index in [0.717, 1.165) is 11.1 Å². The van der Waals surface area contributed by atoms with Crippen molar-refractivity contribution in [1.29, 1.82) is 0 Å². The highest BCUT2D eigenvalue weighted by molar-refractivity contribution is 7.99. The third-order valence-electron chi connectivity index (χ3n) is 1.48. The number of nitrogen functional groups attached to an aromatic ring is 1. The van der Waals surface area contributed by atoms with E-state index in [9.17, 15) is 4.79 Å². The lowest BCUT2D eigenvalue weighted by molar-refractivity contribution is -0.131. The van der Waals surface area contributed by atoms with Gasteiger partial charge in [-0.3, -0.25) is 0 Å². The molecular formula is C9H11N3O2S2. The van der Waals surface area contributed by atoms with E-state index in [0.29, 0.717) is 16.7 Å². The first-order valence-corrected chi connectivity index (χ1v) is 6.53. The summed E-state index contributed by atoms with van der Waals surface area (Å²) in [5.74, 6) is -0.0354. The predicted octanol–water partition coefficient (Wildman–Crippen LogP) is 1.51. The Morgan fingerprint density at radius 2 is 2.38 bits per heavy atom. The van der Waals surface area contributed by atoms with Crippen LogP contribution in [-0.4, -0.2) is 33.1 Å². The van der Waals surface area contributed by atoms with Gasteiger partial charge in [0.2, 0.25) is 0 Å². The normalized spacial score (nSPS) is 10.8. The summed E-state index contributed by atoms with van der Waals surface area (Å²) in [4.78, 5) is 18.5. The minimum absolute atomic E-state index is 0.420. The van der Waals surface area contributed by atoms with E-state index >= 15 is 0 Å². The van der Waals surface area contributed by atoms with Crippen molar-refractivity contribution in [3.05, 3.63) is 18.2 Å². The zero-order valence-corrected chi connectivity index (χ0v) is 10.2. The van der Waals surface area contributed by atoms with Crippen LogP contribution < -0.4 is 5.73 Å². The molecule has 0 saturated carbocycles. The topological polar surface area (TPSA) is 89.1 Å². The molecule has 1 aromatic heterocycles. The van der Waals surface area contributed by atoms with Gasteiger partial charge in [-0.05, 0) is 6.26 Å². The van der Waals surface area contributed by atoms with Crippen LogP contribution in [0.1, 0.15) is 0 Å². The maximum atomic E-state index is 10.2. The Bertz CT molecular complexity index is 410. The number of nitrogens with zero attached hydrogens (tertiary/aromatic N) is 2. The molecule has 0 spiro atoms. The number of rotatable bonds is 5. The Morgan fingerprint density at radius 3 is 3.00 bits per heavy atom. The molecule has 7 heteroatoms. The Labute approximate surface area is 102 Å². The molecule has 0 fully saturated rings. The number of carboxylic acids is 1. The second-order valence-corrected chi connectivity index (χ2v) is 4.48. The monoisotopic (exact) mass is 257 g/mol. The van der Waals surface area contributed by atoms with E-state index in [2.05, 4.69) is 9.97 Å². The average Bonchev–Trinajstić information content (AvgIpc) is 2.23. The van der Waals surface area contributed by atoms with Crippen LogP contribution in [0.3, 0.4) is 0 Å². The van der Waals surface area contributed by atoms with Crippen LogP contribution in [0, 0.1) is 0 Å². The number of anilines is 1. The molecule has 16 heavy (non-hydrogen) atoms. The zero-order chi connectivity index (χ0) is 12.0. The Hall–Kier alpha value is -1.21. The summed E-state index contributed by atoms with van der Waals surface area (Å²) in [6, 6.07) is 1.70. The smallest absolute Gasteiger partial charge is 0.328 e. The summed E-state index contributed by atoms with van der Waals surface area (Å²) in [6.07, 6.45) is 4.54.